The molecular formula is C42H42. The fourth-order valence-electron chi connectivity index (χ4n) is 6.13. The van der Waals surface area contributed by atoms with Crippen LogP contribution >= 0.6 is 0 Å². The molecule has 210 valence electrons. The van der Waals surface area contributed by atoms with E-state index in [0.717, 1.165) is 36.8 Å². The lowest BCUT2D eigenvalue weighted by Crippen LogP contribution is -2.05. The van der Waals surface area contributed by atoms with Gasteiger partial charge in [0.2, 0.25) is 0 Å². The minimum absolute atomic E-state index is 0.0887. The second-order valence-electron chi connectivity index (χ2n) is 11.6. The summed E-state index contributed by atoms with van der Waals surface area (Å²) in [7, 11) is 0. The molecule has 5 rings (SSSR count). The Bertz CT molecular complexity index is 1550. The molecule has 3 atom stereocenters. The summed E-state index contributed by atoms with van der Waals surface area (Å²) in [4.78, 5) is 0. The van der Waals surface area contributed by atoms with Crippen LogP contribution in [-0.2, 0) is 0 Å². The largest absolute Gasteiger partial charge is 0.0995 e. The fourth-order valence-corrected chi connectivity index (χ4v) is 6.13. The average molecular weight is 547 g/mol. The lowest BCUT2D eigenvalue weighted by atomic mass is 9.81. The minimum Gasteiger partial charge on any atom is -0.0995 e. The van der Waals surface area contributed by atoms with Crippen LogP contribution in [0.2, 0.25) is 0 Å². The van der Waals surface area contributed by atoms with E-state index in [0.29, 0.717) is 11.8 Å². The Balaban J connectivity index is 1.24. The first-order chi connectivity index (χ1) is 20.5. The van der Waals surface area contributed by atoms with Gasteiger partial charge in [0.05, 0.1) is 0 Å². The molecule has 0 radical (unpaired) electrons. The zero-order valence-electron chi connectivity index (χ0n) is 24.9. The molecule has 0 spiro atoms. The van der Waals surface area contributed by atoms with Gasteiger partial charge in [0.15, 0.2) is 0 Å². The van der Waals surface area contributed by atoms with Crippen molar-refractivity contribution in [3.05, 3.63) is 198 Å². The molecule has 0 bridgehead atoms. The molecule has 4 aromatic rings. The van der Waals surface area contributed by atoms with E-state index in [4.69, 9.17) is 0 Å². The van der Waals surface area contributed by atoms with Crippen molar-refractivity contribution >= 4 is 5.57 Å². The van der Waals surface area contributed by atoms with Crippen molar-refractivity contribution in [3.8, 4) is 0 Å². The van der Waals surface area contributed by atoms with E-state index in [1.165, 1.54) is 39.0 Å². The van der Waals surface area contributed by atoms with Gasteiger partial charge in [-0.2, -0.15) is 0 Å². The zero-order chi connectivity index (χ0) is 29.3. The summed E-state index contributed by atoms with van der Waals surface area (Å²) in [5.41, 5.74) is 11.4. The maximum absolute atomic E-state index is 4.55. The standard InChI is InChI=1S/C42H42/c1-31(23-26-33(3)42(38-20-12-7-13-21-38)34(4)35-16-8-5-9-17-35)15-14-22-39-29-40(36-18-10-6-11-19-36)30-41(39)37-27-24-32(2)25-28-37/h5-14,16-22,24-25,27-29,40-42H,1,3-4,15,23,26,30H2,2H3. The Morgan fingerprint density at radius 2 is 1.36 bits per heavy atom. The predicted molar refractivity (Wildman–Crippen MR) is 182 cm³/mol. The third kappa shape index (κ3) is 7.25. The first-order valence-electron chi connectivity index (χ1n) is 15.1. The summed E-state index contributed by atoms with van der Waals surface area (Å²) in [5, 5.41) is 0. The van der Waals surface area contributed by atoms with E-state index in [1.807, 2.05) is 6.07 Å². The molecule has 0 heterocycles. The Kier molecular flexibility index (Phi) is 9.67. The number of allylic oxidation sites excluding steroid dienone is 7. The summed E-state index contributed by atoms with van der Waals surface area (Å²) < 4.78 is 0. The molecule has 0 fully saturated rings. The van der Waals surface area contributed by atoms with Crippen molar-refractivity contribution < 1.29 is 0 Å². The molecule has 0 nitrogen and oxygen atoms in total. The van der Waals surface area contributed by atoms with Crippen molar-refractivity contribution in [1.82, 2.24) is 0 Å². The number of hydrogen-bond acceptors (Lipinski definition) is 0. The second-order valence-corrected chi connectivity index (χ2v) is 11.6. The van der Waals surface area contributed by atoms with Gasteiger partial charge in [-0.25, -0.2) is 0 Å². The van der Waals surface area contributed by atoms with Crippen molar-refractivity contribution in [2.45, 2.75) is 50.4 Å². The third-order valence-corrected chi connectivity index (χ3v) is 8.54. The molecule has 0 amide bonds. The Labute approximate surface area is 253 Å². The van der Waals surface area contributed by atoms with Gasteiger partial charge in [-0.3, -0.25) is 0 Å². The Hall–Kier alpha value is -4.42. The van der Waals surface area contributed by atoms with Gasteiger partial charge in [-0.15, -0.1) is 0 Å². The first-order valence-corrected chi connectivity index (χ1v) is 15.1. The maximum Gasteiger partial charge on any atom is 0.0296 e. The molecule has 42 heavy (non-hydrogen) atoms. The summed E-state index contributed by atoms with van der Waals surface area (Å²) in [6.07, 6.45) is 10.9. The van der Waals surface area contributed by atoms with E-state index in [9.17, 15) is 0 Å². The third-order valence-electron chi connectivity index (χ3n) is 8.54. The highest BCUT2D eigenvalue weighted by molar-refractivity contribution is 5.72. The molecule has 0 aromatic heterocycles. The molecule has 1 aliphatic carbocycles. The van der Waals surface area contributed by atoms with Crippen LogP contribution in [0.4, 0.5) is 0 Å². The van der Waals surface area contributed by atoms with Gasteiger partial charge in [0, 0.05) is 17.8 Å². The van der Waals surface area contributed by atoms with Crippen LogP contribution in [-0.4, -0.2) is 0 Å². The fraction of sp³-hybridized carbons (Fsp3) is 0.190. The van der Waals surface area contributed by atoms with Gasteiger partial charge in [-0.1, -0.05) is 170 Å². The maximum atomic E-state index is 4.55. The predicted octanol–water partition coefficient (Wildman–Crippen LogP) is 11.5. The molecule has 1 aliphatic rings. The van der Waals surface area contributed by atoms with E-state index in [1.54, 1.807) is 0 Å². The SMILES string of the molecule is C=C(CC=CC1=CC(c2ccccc2)CC1c1ccc(C)cc1)CCC(=C)C(C(=C)c1ccccc1)c1ccccc1. The molecular weight excluding hydrogens is 504 g/mol. The van der Waals surface area contributed by atoms with E-state index in [-0.39, 0.29) is 5.92 Å². The normalized spacial score (nSPS) is 17.1. The quantitative estimate of drug-likeness (QED) is 0.155. The molecule has 0 saturated heterocycles. The van der Waals surface area contributed by atoms with Gasteiger partial charge >= 0.3 is 0 Å². The molecule has 0 N–H and O–H groups in total. The smallest absolute Gasteiger partial charge is 0.0296 e. The summed E-state index contributed by atoms with van der Waals surface area (Å²) >= 11 is 0. The average Bonchev–Trinajstić information content (AvgIpc) is 3.46. The second kappa shape index (κ2) is 14.0. The van der Waals surface area contributed by atoms with E-state index >= 15 is 0 Å². The van der Waals surface area contributed by atoms with Gasteiger partial charge < -0.3 is 0 Å². The molecule has 0 aliphatic heterocycles. The van der Waals surface area contributed by atoms with Gasteiger partial charge in [-0.05, 0) is 66.0 Å². The van der Waals surface area contributed by atoms with Crippen LogP contribution in [0.1, 0.15) is 71.3 Å². The molecule has 0 heteroatoms. The highest BCUT2D eigenvalue weighted by Crippen LogP contribution is 2.44. The van der Waals surface area contributed by atoms with Crippen LogP contribution in [0.25, 0.3) is 5.57 Å². The van der Waals surface area contributed by atoms with Crippen molar-refractivity contribution in [3.63, 3.8) is 0 Å². The van der Waals surface area contributed by atoms with Crippen LogP contribution in [0.15, 0.2) is 170 Å². The summed E-state index contributed by atoms with van der Waals surface area (Å²) in [6.45, 7) is 15.7. The van der Waals surface area contributed by atoms with Crippen molar-refractivity contribution in [2.75, 3.05) is 0 Å². The van der Waals surface area contributed by atoms with Gasteiger partial charge in [0.1, 0.15) is 0 Å². The number of aryl methyl sites for hydroxylation is 1. The van der Waals surface area contributed by atoms with Gasteiger partial charge in [0.25, 0.3) is 0 Å². The van der Waals surface area contributed by atoms with Crippen molar-refractivity contribution in [1.29, 1.82) is 0 Å². The number of rotatable bonds is 12. The Morgan fingerprint density at radius 1 is 0.738 bits per heavy atom. The van der Waals surface area contributed by atoms with E-state index < -0.39 is 0 Å². The van der Waals surface area contributed by atoms with Crippen LogP contribution < -0.4 is 0 Å². The van der Waals surface area contributed by atoms with Crippen LogP contribution in [0, 0.1) is 6.92 Å². The highest BCUT2D eigenvalue weighted by atomic mass is 14.3. The molecule has 4 aromatic carbocycles. The highest BCUT2D eigenvalue weighted by Gasteiger charge is 2.27. The van der Waals surface area contributed by atoms with Crippen molar-refractivity contribution in [2.24, 2.45) is 0 Å². The first kappa shape index (κ1) is 29.1. The van der Waals surface area contributed by atoms with Crippen LogP contribution in [0.5, 0.6) is 0 Å². The van der Waals surface area contributed by atoms with E-state index in [2.05, 4.69) is 154 Å². The number of hydrogen-bond donors (Lipinski definition) is 0. The summed E-state index contributed by atoms with van der Waals surface area (Å²) in [6, 6.07) is 41.1. The Morgan fingerprint density at radius 3 is 2.02 bits per heavy atom. The number of benzene rings is 4. The molecule has 0 saturated carbocycles. The lowest BCUT2D eigenvalue weighted by Gasteiger charge is -2.23. The minimum atomic E-state index is 0.0887. The summed E-state index contributed by atoms with van der Waals surface area (Å²) in [5.74, 6) is 0.942. The van der Waals surface area contributed by atoms with Crippen LogP contribution in [0.3, 0.4) is 0 Å². The monoisotopic (exact) mass is 546 g/mol. The lowest BCUT2D eigenvalue weighted by molar-refractivity contribution is 0.712. The topological polar surface area (TPSA) is 0 Å². The molecule has 3 unspecified atom stereocenters. The zero-order valence-corrected chi connectivity index (χ0v) is 24.9.